The van der Waals surface area contributed by atoms with E-state index < -0.39 is 5.97 Å². The first kappa shape index (κ1) is 15.0. The number of benzene rings is 1. The minimum Gasteiger partial charge on any atom is -0.481 e. The summed E-state index contributed by atoms with van der Waals surface area (Å²) in [5.41, 5.74) is 1.22. The van der Waals surface area contributed by atoms with Gasteiger partial charge in [0.2, 0.25) is 0 Å². The number of nitrogens with zero attached hydrogens (tertiary/aromatic N) is 1. The number of fused-ring (bicyclic) bond motifs is 1. The lowest BCUT2D eigenvalue weighted by Gasteiger charge is -2.12. The van der Waals surface area contributed by atoms with Gasteiger partial charge in [0.15, 0.2) is 0 Å². The molecule has 0 aliphatic heterocycles. The molecule has 0 saturated heterocycles. The molecule has 1 amide bonds. The third-order valence-corrected chi connectivity index (χ3v) is 3.34. The van der Waals surface area contributed by atoms with Crippen molar-refractivity contribution in [2.75, 3.05) is 6.54 Å². The third-order valence-electron chi connectivity index (χ3n) is 3.34. The van der Waals surface area contributed by atoms with Crippen LogP contribution in [0.15, 0.2) is 36.5 Å². The van der Waals surface area contributed by atoms with E-state index in [2.05, 4.69) is 10.3 Å². The van der Waals surface area contributed by atoms with Gasteiger partial charge in [-0.2, -0.15) is 0 Å². The molecule has 0 aliphatic rings. The van der Waals surface area contributed by atoms with E-state index in [1.54, 1.807) is 12.3 Å². The smallest absolute Gasteiger partial charge is 0.303 e. The Morgan fingerprint density at radius 2 is 2.05 bits per heavy atom. The van der Waals surface area contributed by atoms with Crippen molar-refractivity contribution >= 4 is 22.8 Å². The van der Waals surface area contributed by atoms with Crippen LogP contribution in [0.3, 0.4) is 0 Å². The highest BCUT2D eigenvalue weighted by Gasteiger charge is 2.12. The molecule has 0 radical (unpaired) electrons. The molecular weight excluding hydrogens is 268 g/mol. The Hall–Kier alpha value is -2.43. The maximum Gasteiger partial charge on any atom is 0.303 e. The molecule has 0 aliphatic carbocycles. The number of amides is 1. The van der Waals surface area contributed by atoms with E-state index in [-0.39, 0.29) is 18.2 Å². The minimum atomic E-state index is -0.813. The van der Waals surface area contributed by atoms with Gasteiger partial charge in [-0.25, -0.2) is 0 Å². The number of nitrogens with one attached hydrogen (secondary N) is 1. The quantitative estimate of drug-likeness (QED) is 0.855. The van der Waals surface area contributed by atoms with Crippen molar-refractivity contribution in [3.8, 4) is 0 Å². The molecule has 1 heterocycles. The van der Waals surface area contributed by atoms with Gasteiger partial charge in [0, 0.05) is 24.5 Å². The standard InChI is InChI=1S/C16H18N2O3/c1-11(7-8-14(19)20)10-18-16(21)13-6-2-4-12-5-3-9-17-15(12)13/h2-6,9,11H,7-8,10H2,1H3,(H,18,21)(H,19,20). The van der Waals surface area contributed by atoms with Crippen LogP contribution in [0.4, 0.5) is 0 Å². The molecule has 0 fully saturated rings. The number of carboxylic acids is 1. The van der Waals surface area contributed by atoms with Crippen molar-refractivity contribution in [1.29, 1.82) is 0 Å². The van der Waals surface area contributed by atoms with Crippen LogP contribution in [0, 0.1) is 5.92 Å². The summed E-state index contributed by atoms with van der Waals surface area (Å²) in [5, 5.41) is 12.4. The summed E-state index contributed by atoms with van der Waals surface area (Å²) in [7, 11) is 0. The second-order valence-electron chi connectivity index (χ2n) is 5.13. The molecule has 5 nitrogen and oxygen atoms in total. The maximum absolute atomic E-state index is 12.2. The first-order valence-electron chi connectivity index (χ1n) is 6.91. The topological polar surface area (TPSA) is 79.3 Å². The van der Waals surface area contributed by atoms with E-state index in [1.807, 2.05) is 31.2 Å². The fourth-order valence-electron chi connectivity index (χ4n) is 2.12. The number of aromatic nitrogens is 1. The first-order valence-corrected chi connectivity index (χ1v) is 6.91. The van der Waals surface area contributed by atoms with Crippen LogP contribution in [0.5, 0.6) is 0 Å². The van der Waals surface area contributed by atoms with Crippen LogP contribution in [-0.4, -0.2) is 28.5 Å². The number of carboxylic acid groups (broad SMARTS) is 1. The van der Waals surface area contributed by atoms with Gasteiger partial charge in [-0.15, -0.1) is 0 Å². The van der Waals surface area contributed by atoms with E-state index in [0.717, 1.165) is 5.39 Å². The summed E-state index contributed by atoms with van der Waals surface area (Å²) in [6.45, 7) is 2.37. The van der Waals surface area contributed by atoms with Crippen LogP contribution in [0.25, 0.3) is 10.9 Å². The second-order valence-corrected chi connectivity index (χ2v) is 5.13. The Bertz CT molecular complexity index is 650. The Kier molecular flexibility index (Phi) is 4.87. The number of hydrogen-bond donors (Lipinski definition) is 2. The molecule has 2 aromatic rings. The van der Waals surface area contributed by atoms with Gasteiger partial charge in [-0.05, 0) is 24.5 Å². The van der Waals surface area contributed by atoms with Gasteiger partial charge < -0.3 is 10.4 Å². The SMILES string of the molecule is CC(CCC(=O)O)CNC(=O)c1cccc2cccnc12. The average Bonchev–Trinajstić information content (AvgIpc) is 2.50. The summed E-state index contributed by atoms with van der Waals surface area (Å²) < 4.78 is 0. The van der Waals surface area contributed by atoms with Gasteiger partial charge in [0.25, 0.3) is 5.91 Å². The van der Waals surface area contributed by atoms with E-state index in [9.17, 15) is 9.59 Å². The van der Waals surface area contributed by atoms with Gasteiger partial charge in [-0.1, -0.05) is 25.1 Å². The highest BCUT2D eigenvalue weighted by atomic mass is 16.4. The summed E-state index contributed by atoms with van der Waals surface area (Å²) in [5.74, 6) is -0.874. The maximum atomic E-state index is 12.2. The molecule has 0 bridgehead atoms. The molecule has 1 atom stereocenters. The van der Waals surface area contributed by atoms with Crippen molar-refractivity contribution in [2.45, 2.75) is 19.8 Å². The zero-order valence-electron chi connectivity index (χ0n) is 11.9. The van der Waals surface area contributed by atoms with E-state index in [1.165, 1.54) is 0 Å². The monoisotopic (exact) mass is 286 g/mol. The molecule has 1 aromatic carbocycles. The molecule has 2 N–H and O–H groups in total. The average molecular weight is 286 g/mol. The summed E-state index contributed by atoms with van der Waals surface area (Å²) >= 11 is 0. The van der Waals surface area contributed by atoms with Crippen LogP contribution in [-0.2, 0) is 4.79 Å². The molecule has 110 valence electrons. The Morgan fingerprint density at radius 3 is 2.81 bits per heavy atom. The van der Waals surface area contributed by atoms with Crippen molar-refractivity contribution < 1.29 is 14.7 Å². The molecule has 0 spiro atoms. The Labute approximate surface area is 123 Å². The minimum absolute atomic E-state index is 0.118. The normalized spacial score (nSPS) is 12.0. The lowest BCUT2D eigenvalue weighted by atomic mass is 10.1. The molecule has 0 saturated carbocycles. The number of pyridine rings is 1. The van der Waals surface area contributed by atoms with Gasteiger partial charge in [0.1, 0.15) is 0 Å². The Morgan fingerprint density at radius 1 is 1.29 bits per heavy atom. The lowest BCUT2D eigenvalue weighted by Crippen LogP contribution is -2.28. The van der Waals surface area contributed by atoms with E-state index >= 15 is 0 Å². The highest BCUT2D eigenvalue weighted by Crippen LogP contribution is 2.16. The van der Waals surface area contributed by atoms with E-state index in [4.69, 9.17) is 5.11 Å². The van der Waals surface area contributed by atoms with Crippen LogP contribution >= 0.6 is 0 Å². The number of hydrogen-bond acceptors (Lipinski definition) is 3. The second kappa shape index (κ2) is 6.83. The van der Waals surface area contributed by atoms with Gasteiger partial charge in [0.05, 0.1) is 11.1 Å². The molecule has 1 aromatic heterocycles. The number of carbonyl (C=O) groups excluding carboxylic acids is 1. The van der Waals surface area contributed by atoms with Crippen molar-refractivity contribution in [3.63, 3.8) is 0 Å². The summed E-state index contributed by atoms with van der Waals surface area (Å²) in [4.78, 5) is 27.0. The number of aliphatic carboxylic acids is 1. The first-order chi connectivity index (χ1) is 10.1. The van der Waals surface area contributed by atoms with Crippen molar-refractivity contribution in [3.05, 3.63) is 42.1 Å². The van der Waals surface area contributed by atoms with Crippen molar-refractivity contribution in [2.24, 2.45) is 5.92 Å². The van der Waals surface area contributed by atoms with Gasteiger partial charge in [-0.3, -0.25) is 14.6 Å². The molecule has 2 rings (SSSR count). The zero-order valence-corrected chi connectivity index (χ0v) is 11.9. The molecule has 21 heavy (non-hydrogen) atoms. The number of para-hydroxylation sites is 1. The fraction of sp³-hybridized carbons (Fsp3) is 0.312. The van der Waals surface area contributed by atoms with E-state index in [0.29, 0.717) is 24.0 Å². The van der Waals surface area contributed by atoms with Crippen LogP contribution < -0.4 is 5.32 Å². The predicted octanol–water partition coefficient (Wildman–Crippen LogP) is 2.47. The molecular formula is C16H18N2O3. The summed E-state index contributed by atoms with van der Waals surface area (Å²) in [6.07, 6.45) is 2.32. The summed E-state index contributed by atoms with van der Waals surface area (Å²) in [6, 6.07) is 9.22. The van der Waals surface area contributed by atoms with Crippen LogP contribution in [0.2, 0.25) is 0 Å². The molecule has 1 unspecified atom stereocenters. The van der Waals surface area contributed by atoms with Crippen molar-refractivity contribution in [1.82, 2.24) is 10.3 Å². The third kappa shape index (κ3) is 4.02. The zero-order chi connectivity index (χ0) is 15.2. The highest BCUT2D eigenvalue weighted by molar-refractivity contribution is 6.05. The fourth-order valence-corrected chi connectivity index (χ4v) is 2.12. The lowest BCUT2D eigenvalue weighted by molar-refractivity contribution is -0.137. The van der Waals surface area contributed by atoms with Crippen LogP contribution in [0.1, 0.15) is 30.1 Å². The number of rotatable bonds is 6. The predicted molar refractivity (Wildman–Crippen MR) is 80.1 cm³/mol. The largest absolute Gasteiger partial charge is 0.481 e. The van der Waals surface area contributed by atoms with Gasteiger partial charge >= 0.3 is 5.97 Å². The Balaban J connectivity index is 2.01. The molecule has 5 heteroatoms. The number of carbonyl (C=O) groups is 2.